The van der Waals surface area contributed by atoms with Crippen LogP contribution in [0.1, 0.15) is 36.0 Å². The molecule has 1 aliphatic carbocycles. The van der Waals surface area contributed by atoms with Crippen LogP contribution in [-0.4, -0.2) is 6.61 Å². The molecule has 25 heavy (non-hydrogen) atoms. The number of hydrogen-bond donors (Lipinski definition) is 0. The van der Waals surface area contributed by atoms with E-state index in [9.17, 15) is 0 Å². The molecule has 0 unspecified atom stereocenters. The Morgan fingerprint density at radius 2 is 1.00 bits per heavy atom. The molecule has 1 fully saturated rings. The van der Waals surface area contributed by atoms with Crippen LogP contribution in [0.15, 0.2) is 91.0 Å². The van der Waals surface area contributed by atoms with E-state index < -0.39 is 5.60 Å². The summed E-state index contributed by atoms with van der Waals surface area (Å²) in [6, 6.07) is 31.8. The van der Waals surface area contributed by atoms with Crippen molar-refractivity contribution in [2.75, 3.05) is 6.61 Å². The molecule has 1 aliphatic rings. The molecule has 0 N–H and O–H groups in total. The predicted molar refractivity (Wildman–Crippen MR) is 102 cm³/mol. The standard InChI is InChI=1S/C24H23O/c1-4-13-21(14-5-1)24(22-15-6-2-7-16-22,23-17-8-3-9-18-23)25-19-20-11-10-12-20/h1-9,13-18H,10-12,19H2. The highest BCUT2D eigenvalue weighted by atomic mass is 16.5. The minimum atomic E-state index is -0.577. The maximum absolute atomic E-state index is 6.75. The summed E-state index contributed by atoms with van der Waals surface area (Å²) in [6.07, 6.45) is 3.70. The molecule has 0 amide bonds. The highest BCUT2D eigenvalue weighted by molar-refractivity contribution is 5.47. The van der Waals surface area contributed by atoms with Gasteiger partial charge >= 0.3 is 0 Å². The monoisotopic (exact) mass is 327 g/mol. The van der Waals surface area contributed by atoms with Crippen LogP contribution in [-0.2, 0) is 10.3 Å². The van der Waals surface area contributed by atoms with Crippen LogP contribution in [0.25, 0.3) is 0 Å². The molecule has 0 bridgehead atoms. The van der Waals surface area contributed by atoms with Crippen molar-refractivity contribution in [2.24, 2.45) is 0 Å². The van der Waals surface area contributed by atoms with Gasteiger partial charge < -0.3 is 4.74 Å². The normalized spacial score (nSPS) is 14.9. The second kappa shape index (κ2) is 7.25. The van der Waals surface area contributed by atoms with E-state index in [2.05, 4.69) is 91.0 Å². The van der Waals surface area contributed by atoms with Gasteiger partial charge in [0, 0.05) is 5.92 Å². The van der Waals surface area contributed by atoms with E-state index in [0.717, 1.165) is 6.61 Å². The van der Waals surface area contributed by atoms with Crippen molar-refractivity contribution in [2.45, 2.75) is 24.9 Å². The van der Waals surface area contributed by atoms with Crippen LogP contribution in [0.4, 0.5) is 0 Å². The third-order valence-electron chi connectivity index (χ3n) is 5.09. The van der Waals surface area contributed by atoms with Gasteiger partial charge in [0.05, 0.1) is 6.61 Å². The van der Waals surface area contributed by atoms with E-state index in [1.807, 2.05) is 0 Å². The summed E-state index contributed by atoms with van der Waals surface area (Å²) in [6.45, 7) is 0.721. The zero-order valence-electron chi connectivity index (χ0n) is 14.4. The quantitative estimate of drug-likeness (QED) is 0.524. The van der Waals surface area contributed by atoms with Gasteiger partial charge in [-0.1, -0.05) is 97.4 Å². The second-order valence-electron chi connectivity index (χ2n) is 6.67. The van der Waals surface area contributed by atoms with Crippen molar-refractivity contribution in [3.05, 3.63) is 114 Å². The van der Waals surface area contributed by atoms with E-state index in [1.165, 1.54) is 41.9 Å². The molecule has 1 heteroatoms. The second-order valence-corrected chi connectivity index (χ2v) is 6.67. The van der Waals surface area contributed by atoms with Crippen LogP contribution in [0, 0.1) is 5.92 Å². The summed E-state index contributed by atoms with van der Waals surface area (Å²) >= 11 is 0. The smallest absolute Gasteiger partial charge is 0.143 e. The molecule has 125 valence electrons. The average molecular weight is 327 g/mol. The zero-order valence-corrected chi connectivity index (χ0v) is 14.4. The number of hydrogen-bond acceptors (Lipinski definition) is 1. The molecule has 1 saturated carbocycles. The Bertz CT molecular complexity index is 679. The molecule has 3 aromatic carbocycles. The summed E-state index contributed by atoms with van der Waals surface area (Å²) in [5, 5.41) is 0. The molecule has 1 nitrogen and oxygen atoms in total. The Morgan fingerprint density at radius 3 is 1.32 bits per heavy atom. The topological polar surface area (TPSA) is 9.23 Å². The van der Waals surface area contributed by atoms with Crippen molar-refractivity contribution in [1.82, 2.24) is 0 Å². The van der Waals surface area contributed by atoms with Gasteiger partial charge in [-0.05, 0) is 29.5 Å². The lowest BCUT2D eigenvalue weighted by atomic mass is 9.79. The van der Waals surface area contributed by atoms with Gasteiger partial charge in [-0.3, -0.25) is 0 Å². The van der Waals surface area contributed by atoms with Crippen molar-refractivity contribution in [3.8, 4) is 0 Å². The molecular formula is C24H23O. The first-order valence-corrected chi connectivity index (χ1v) is 9.04. The maximum atomic E-state index is 6.75. The third kappa shape index (κ3) is 3.12. The van der Waals surface area contributed by atoms with Gasteiger partial charge in [0.15, 0.2) is 0 Å². The Kier molecular flexibility index (Phi) is 4.67. The molecule has 3 aromatic rings. The Labute approximate surface area is 150 Å². The summed E-state index contributed by atoms with van der Waals surface area (Å²) in [5.41, 5.74) is 2.94. The van der Waals surface area contributed by atoms with Gasteiger partial charge in [-0.25, -0.2) is 0 Å². The van der Waals surface area contributed by atoms with Crippen molar-refractivity contribution < 1.29 is 4.74 Å². The fraction of sp³-hybridized carbons (Fsp3) is 0.208. The van der Waals surface area contributed by atoms with E-state index >= 15 is 0 Å². The van der Waals surface area contributed by atoms with Crippen LogP contribution in [0.5, 0.6) is 0 Å². The SMILES string of the molecule is c1ccc(C(OC[C]2CCC2)(c2ccccc2)c2ccccc2)cc1. The molecule has 0 aromatic heterocycles. The van der Waals surface area contributed by atoms with Crippen LogP contribution in [0.2, 0.25) is 0 Å². The van der Waals surface area contributed by atoms with Gasteiger partial charge in [0.1, 0.15) is 5.60 Å². The van der Waals surface area contributed by atoms with Gasteiger partial charge in [-0.2, -0.15) is 0 Å². The first kappa shape index (κ1) is 16.1. The number of benzene rings is 3. The Balaban J connectivity index is 1.87. The number of ether oxygens (including phenoxy) is 1. The van der Waals surface area contributed by atoms with Crippen LogP contribution < -0.4 is 0 Å². The molecule has 0 aliphatic heterocycles. The summed E-state index contributed by atoms with van der Waals surface area (Å²) < 4.78 is 6.75. The van der Waals surface area contributed by atoms with Crippen molar-refractivity contribution in [3.63, 3.8) is 0 Å². The molecule has 4 rings (SSSR count). The lowest BCUT2D eigenvalue weighted by Gasteiger charge is -2.38. The first-order valence-electron chi connectivity index (χ1n) is 9.04. The minimum Gasteiger partial charge on any atom is -0.360 e. The van der Waals surface area contributed by atoms with Gasteiger partial charge in [0.25, 0.3) is 0 Å². The lowest BCUT2D eigenvalue weighted by molar-refractivity contribution is 0.0122. The maximum Gasteiger partial charge on any atom is 0.143 e. The fourth-order valence-electron chi connectivity index (χ4n) is 3.55. The Morgan fingerprint density at radius 1 is 0.600 bits per heavy atom. The number of rotatable bonds is 6. The Hall–Kier alpha value is -2.38. The van der Waals surface area contributed by atoms with E-state index in [-0.39, 0.29) is 0 Å². The van der Waals surface area contributed by atoms with Crippen molar-refractivity contribution in [1.29, 1.82) is 0 Å². The molecule has 0 spiro atoms. The summed E-state index contributed by atoms with van der Waals surface area (Å²) in [7, 11) is 0. The molecule has 1 radical (unpaired) electrons. The highest BCUT2D eigenvalue weighted by Gasteiger charge is 2.38. The first-order chi connectivity index (χ1) is 12.4. The fourth-order valence-corrected chi connectivity index (χ4v) is 3.55. The largest absolute Gasteiger partial charge is 0.360 e. The summed E-state index contributed by atoms with van der Waals surface area (Å²) in [4.78, 5) is 0. The van der Waals surface area contributed by atoms with E-state index in [1.54, 1.807) is 0 Å². The third-order valence-corrected chi connectivity index (χ3v) is 5.09. The molecule has 0 atom stereocenters. The molecule has 0 heterocycles. The summed E-state index contributed by atoms with van der Waals surface area (Å²) in [5.74, 6) is 1.52. The van der Waals surface area contributed by atoms with Crippen LogP contribution in [0.3, 0.4) is 0 Å². The minimum absolute atomic E-state index is 0.577. The van der Waals surface area contributed by atoms with E-state index in [4.69, 9.17) is 4.74 Å². The van der Waals surface area contributed by atoms with Gasteiger partial charge in [0.2, 0.25) is 0 Å². The average Bonchev–Trinajstić information content (AvgIpc) is 2.66. The lowest BCUT2D eigenvalue weighted by Crippen LogP contribution is -2.35. The van der Waals surface area contributed by atoms with Crippen molar-refractivity contribution >= 4 is 0 Å². The highest BCUT2D eigenvalue weighted by Crippen LogP contribution is 2.42. The molecule has 0 saturated heterocycles. The van der Waals surface area contributed by atoms with Gasteiger partial charge in [-0.15, -0.1) is 0 Å². The van der Waals surface area contributed by atoms with E-state index in [0.29, 0.717) is 0 Å². The van der Waals surface area contributed by atoms with Crippen LogP contribution >= 0.6 is 0 Å². The predicted octanol–water partition coefficient (Wildman–Crippen LogP) is 5.75. The zero-order chi connectivity index (χ0) is 17.0. The molecular weight excluding hydrogens is 304 g/mol.